The molecule has 3 rings (SSSR count). The first-order valence-electron chi connectivity index (χ1n) is 5.85. The van der Waals surface area contributed by atoms with Gasteiger partial charge in [-0.1, -0.05) is 11.8 Å². The molecule has 1 aliphatic heterocycles. The summed E-state index contributed by atoms with van der Waals surface area (Å²) in [6.45, 7) is 0.531. The number of carbonyl (C=O) groups excluding carboxylic acids is 1. The number of esters is 1. The van der Waals surface area contributed by atoms with Gasteiger partial charge in [0.1, 0.15) is 17.1 Å². The molecule has 1 aromatic carbocycles. The van der Waals surface area contributed by atoms with E-state index in [0.29, 0.717) is 11.7 Å². The number of nitrogens with zero attached hydrogens (tertiary/aromatic N) is 2. The molecule has 20 heavy (non-hydrogen) atoms. The molecule has 0 aliphatic carbocycles. The lowest BCUT2D eigenvalue weighted by molar-refractivity contribution is 0.0731. The molecule has 1 aromatic heterocycles. The van der Waals surface area contributed by atoms with Crippen LogP contribution < -0.4 is 10.3 Å². The van der Waals surface area contributed by atoms with Crippen molar-refractivity contribution in [1.29, 1.82) is 0 Å². The fraction of sp³-hybridized carbons (Fsp3) is 0.154. The molecular formula is C13H9FN2O3S. The topological polar surface area (TPSA) is 61.2 Å². The molecule has 0 fully saturated rings. The Bertz CT molecular complexity index is 727. The summed E-state index contributed by atoms with van der Waals surface area (Å²) in [5.41, 5.74) is -0.535. The van der Waals surface area contributed by atoms with Crippen LogP contribution in [0.3, 0.4) is 0 Å². The summed E-state index contributed by atoms with van der Waals surface area (Å²) >= 11 is 1.47. The lowest BCUT2D eigenvalue weighted by atomic mass is 10.3. The first-order chi connectivity index (χ1) is 9.65. The summed E-state index contributed by atoms with van der Waals surface area (Å²) in [5.74, 6) is -0.281. The van der Waals surface area contributed by atoms with E-state index >= 15 is 0 Å². The summed E-state index contributed by atoms with van der Waals surface area (Å²) < 4.78 is 19.2. The third-order valence-electron chi connectivity index (χ3n) is 2.80. The van der Waals surface area contributed by atoms with Crippen molar-refractivity contribution < 1.29 is 13.9 Å². The number of fused-ring (bicyclic) bond motifs is 1. The molecule has 7 heteroatoms. The molecule has 1 aliphatic rings. The normalized spacial score (nSPS) is 13.1. The van der Waals surface area contributed by atoms with E-state index in [2.05, 4.69) is 4.98 Å². The van der Waals surface area contributed by atoms with Crippen LogP contribution in [0.2, 0.25) is 0 Å². The predicted octanol–water partition coefficient (Wildman–Crippen LogP) is 1.71. The largest absolute Gasteiger partial charge is 0.423 e. The molecule has 2 heterocycles. The number of thioether (sulfide) groups is 1. The van der Waals surface area contributed by atoms with Crippen LogP contribution >= 0.6 is 11.8 Å². The number of hydrogen-bond acceptors (Lipinski definition) is 5. The monoisotopic (exact) mass is 292 g/mol. The van der Waals surface area contributed by atoms with Crippen molar-refractivity contribution in [2.24, 2.45) is 0 Å². The Morgan fingerprint density at radius 2 is 2.10 bits per heavy atom. The Labute approximate surface area is 117 Å². The number of carbonyl (C=O) groups is 1. The molecule has 0 bridgehead atoms. The molecule has 0 radical (unpaired) electrons. The second kappa shape index (κ2) is 5.09. The lowest BCUT2D eigenvalue weighted by Gasteiger charge is -2.05. The molecule has 0 saturated carbocycles. The SMILES string of the molecule is O=C(Oc1ccc(F)cc1)c1cnc2n(c1=O)CCS2. The maximum absolute atomic E-state index is 12.8. The Morgan fingerprint density at radius 3 is 2.85 bits per heavy atom. The Morgan fingerprint density at radius 1 is 1.35 bits per heavy atom. The van der Waals surface area contributed by atoms with Gasteiger partial charge in [0.15, 0.2) is 5.16 Å². The zero-order valence-electron chi connectivity index (χ0n) is 10.2. The van der Waals surface area contributed by atoms with Crippen molar-refractivity contribution >= 4 is 17.7 Å². The van der Waals surface area contributed by atoms with Gasteiger partial charge < -0.3 is 4.74 Å². The highest BCUT2D eigenvalue weighted by Crippen LogP contribution is 2.21. The average molecular weight is 292 g/mol. The molecule has 0 spiro atoms. The number of aromatic nitrogens is 2. The summed E-state index contributed by atoms with van der Waals surface area (Å²) in [6, 6.07) is 4.99. The van der Waals surface area contributed by atoms with E-state index in [9.17, 15) is 14.0 Å². The van der Waals surface area contributed by atoms with Gasteiger partial charge in [-0.05, 0) is 24.3 Å². The molecule has 0 N–H and O–H groups in total. The van der Waals surface area contributed by atoms with E-state index in [-0.39, 0.29) is 11.3 Å². The van der Waals surface area contributed by atoms with Gasteiger partial charge in [0.25, 0.3) is 5.56 Å². The quantitative estimate of drug-likeness (QED) is 0.479. The van der Waals surface area contributed by atoms with Crippen molar-refractivity contribution in [3.63, 3.8) is 0 Å². The standard InChI is InChI=1S/C13H9FN2O3S/c14-8-1-3-9(4-2-8)19-12(18)10-7-15-13-16(11(10)17)5-6-20-13/h1-4,7H,5-6H2. The molecule has 2 aromatic rings. The highest BCUT2D eigenvalue weighted by molar-refractivity contribution is 7.99. The number of ether oxygens (including phenoxy) is 1. The van der Waals surface area contributed by atoms with E-state index in [0.717, 1.165) is 5.75 Å². The molecule has 0 unspecified atom stereocenters. The zero-order chi connectivity index (χ0) is 14.1. The van der Waals surface area contributed by atoms with Gasteiger partial charge in [0, 0.05) is 12.3 Å². The second-order valence-corrected chi connectivity index (χ2v) is 5.17. The van der Waals surface area contributed by atoms with Crippen molar-refractivity contribution in [2.45, 2.75) is 11.7 Å². The van der Waals surface area contributed by atoms with Crippen molar-refractivity contribution in [2.75, 3.05) is 5.75 Å². The maximum atomic E-state index is 12.8. The minimum Gasteiger partial charge on any atom is -0.423 e. The Hall–Kier alpha value is -2.15. The fourth-order valence-electron chi connectivity index (χ4n) is 1.82. The van der Waals surface area contributed by atoms with Crippen LogP contribution in [0.5, 0.6) is 5.75 Å². The summed E-state index contributed by atoms with van der Waals surface area (Å²) in [4.78, 5) is 28.1. The van der Waals surface area contributed by atoms with Gasteiger partial charge in [0.05, 0.1) is 6.20 Å². The van der Waals surface area contributed by atoms with Crippen molar-refractivity contribution in [3.8, 4) is 5.75 Å². The predicted molar refractivity (Wildman–Crippen MR) is 70.6 cm³/mol. The summed E-state index contributed by atoms with van der Waals surface area (Å²) in [6.07, 6.45) is 1.22. The van der Waals surface area contributed by atoms with Crippen LogP contribution in [0.15, 0.2) is 40.4 Å². The van der Waals surface area contributed by atoms with Gasteiger partial charge in [-0.15, -0.1) is 0 Å². The van der Waals surface area contributed by atoms with Crippen LogP contribution in [0, 0.1) is 5.82 Å². The molecule has 0 atom stereocenters. The van der Waals surface area contributed by atoms with E-state index in [1.54, 1.807) is 0 Å². The second-order valence-electron chi connectivity index (χ2n) is 4.10. The minimum absolute atomic E-state index is 0.124. The summed E-state index contributed by atoms with van der Waals surface area (Å²) in [5, 5.41) is 0.605. The zero-order valence-corrected chi connectivity index (χ0v) is 11.0. The fourth-order valence-corrected chi connectivity index (χ4v) is 2.74. The number of rotatable bonds is 2. The van der Waals surface area contributed by atoms with Crippen LogP contribution in [0.4, 0.5) is 4.39 Å². The van der Waals surface area contributed by atoms with Crippen LogP contribution in [0.1, 0.15) is 10.4 Å². The first-order valence-corrected chi connectivity index (χ1v) is 6.84. The molecule has 0 amide bonds. The number of hydrogen-bond donors (Lipinski definition) is 0. The Balaban J connectivity index is 1.88. The average Bonchev–Trinajstić information content (AvgIpc) is 2.91. The van der Waals surface area contributed by atoms with E-state index in [4.69, 9.17) is 4.74 Å². The van der Waals surface area contributed by atoms with Crippen LogP contribution in [0.25, 0.3) is 0 Å². The van der Waals surface area contributed by atoms with Gasteiger partial charge in [0.2, 0.25) is 0 Å². The molecular weight excluding hydrogens is 283 g/mol. The van der Waals surface area contributed by atoms with Crippen LogP contribution in [-0.4, -0.2) is 21.3 Å². The third-order valence-corrected chi connectivity index (χ3v) is 3.77. The van der Waals surface area contributed by atoms with Gasteiger partial charge >= 0.3 is 5.97 Å². The Kier molecular flexibility index (Phi) is 3.27. The maximum Gasteiger partial charge on any atom is 0.350 e. The molecule has 0 saturated heterocycles. The molecule has 5 nitrogen and oxygen atoms in total. The number of halogens is 1. The van der Waals surface area contributed by atoms with E-state index in [1.807, 2.05) is 0 Å². The van der Waals surface area contributed by atoms with Crippen molar-refractivity contribution in [3.05, 3.63) is 52.2 Å². The molecule has 102 valence electrons. The highest BCUT2D eigenvalue weighted by Gasteiger charge is 2.21. The van der Waals surface area contributed by atoms with Crippen molar-refractivity contribution in [1.82, 2.24) is 9.55 Å². The van der Waals surface area contributed by atoms with Gasteiger partial charge in [-0.25, -0.2) is 14.2 Å². The van der Waals surface area contributed by atoms with E-state index < -0.39 is 17.3 Å². The van der Waals surface area contributed by atoms with Gasteiger partial charge in [-0.2, -0.15) is 0 Å². The van der Waals surface area contributed by atoms with Gasteiger partial charge in [-0.3, -0.25) is 9.36 Å². The third kappa shape index (κ3) is 2.32. The first kappa shape index (κ1) is 12.9. The van der Waals surface area contributed by atoms with Crippen LogP contribution in [-0.2, 0) is 6.54 Å². The lowest BCUT2D eigenvalue weighted by Crippen LogP contribution is -2.28. The smallest absolute Gasteiger partial charge is 0.350 e. The minimum atomic E-state index is -0.790. The number of benzene rings is 1. The van der Waals surface area contributed by atoms with E-state index in [1.165, 1.54) is 46.8 Å². The summed E-state index contributed by atoms with van der Waals surface area (Å²) in [7, 11) is 0. The highest BCUT2D eigenvalue weighted by atomic mass is 32.2.